The summed E-state index contributed by atoms with van der Waals surface area (Å²) in [6, 6.07) is 17.6. The molecule has 5 aromatic rings. The Morgan fingerprint density at radius 3 is 2.57 bits per heavy atom. The number of nitrogens with zero attached hydrogens (tertiary/aromatic N) is 5. The van der Waals surface area contributed by atoms with E-state index in [1.807, 2.05) is 61.5 Å². The number of rotatable bonds is 3. The number of hydrogen-bond acceptors (Lipinski definition) is 4. The smallest absolute Gasteiger partial charge is 0.261 e. The second-order valence-corrected chi connectivity index (χ2v) is 6.69. The first kappa shape index (κ1) is 16.4. The standard InChI is InChI=1S/C22H17N5O/c1-15-20(16-7-3-2-4-8-16)21-24-13-18-19(27(21)25-15)10-12-26(22(18)28)14-17-9-5-6-11-23-17/h2-13H,14H2,1H3. The molecule has 0 saturated heterocycles. The van der Waals surface area contributed by atoms with Gasteiger partial charge >= 0.3 is 0 Å². The maximum absolute atomic E-state index is 13.0. The van der Waals surface area contributed by atoms with Crippen LogP contribution in [0.1, 0.15) is 11.4 Å². The maximum atomic E-state index is 13.0. The van der Waals surface area contributed by atoms with Crippen LogP contribution < -0.4 is 5.56 Å². The van der Waals surface area contributed by atoms with Gasteiger partial charge in [0.2, 0.25) is 0 Å². The molecule has 0 fully saturated rings. The number of aromatic nitrogens is 5. The van der Waals surface area contributed by atoms with Crippen LogP contribution in [-0.4, -0.2) is 24.1 Å². The van der Waals surface area contributed by atoms with Gasteiger partial charge in [-0.15, -0.1) is 0 Å². The molecule has 4 heterocycles. The molecule has 6 nitrogen and oxygen atoms in total. The van der Waals surface area contributed by atoms with Crippen molar-refractivity contribution < 1.29 is 0 Å². The predicted octanol–water partition coefficient (Wildman–Crippen LogP) is 3.46. The summed E-state index contributed by atoms with van der Waals surface area (Å²) in [4.78, 5) is 21.9. The van der Waals surface area contributed by atoms with Gasteiger partial charge in [-0.3, -0.25) is 9.78 Å². The molecule has 0 amide bonds. The largest absolute Gasteiger partial charge is 0.309 e. The monoisotopic (exact) mass is 367 g/mol. The lowest BCUT2D eigenvalue weighted by Gasteiger charge is -2.08. The molecule has 0 aliphatic rings. The summed E-state index contributed by atoms with van der Waals surface area (Å²) in [7, 11) is 0. The molecule has 0 aliphatic heterocycles. The summed E-state index contributed by atoms with van der Waals surface area (Å²) in [6.07, 6.45) is 5.16. The Bertz CT molecular complexity index is 1350. The lowest BCUT2D eigenvalue weighted by molar-refractivity contribution is 0.745. The van der Waals surface area contributed by atoms with E-state index in [0.717, 1.165) is 33.7 Å². The summed E-state index contributed by atoms with van der Waals surface area (Å²) in [5, 5.41) is 5.20. The van der Waals surface area contributed by atoms with Gasteiger partial charge in [0.15, 0.2) is 5.65 Å². The molecule has 0 unspecified atom stereocenters. The van der Waals surface area contributed by atoms with Crippen molar-refractivity contribution in [3.63, 3.8) is 0 Å². The van der Waals surface area contributed by atoms with E-state index in [0.29, 0.717) is 11.9 Å². The van der Waals surface area contributed by atoms with Gasteiger partial charge in [-0.1, -0.05) is 36.4 Å². The van der Waals surface area contributed by atoms with Gasteiger partial charge in [0.1, 0.15) is 0 Å². The van der Waals surface area contributed by atoms with Crippen LogP contribution in [0.5, 0.6) is 0 Å². The zero-order chi connectivity index (χ0) is 19.1. The minimum Gasteiger partial charge on any atom is -0.309 e. The summed E-state index contributed by atoms with van der Waals surface area (Å²) in [5.74, 6) is 0. The molecule has 1 aromatic carbocycles. The predicted molar refractivity (Wildman–Crippen MR) is 108 cm³/mol. The van der Waals surface area contributed by atoms with Crippen LogP contribution in [0, 0.1) is 6.92 Å². The van der Waals surface area contributed by atoms with Gasteiger partial charge in [0, 0.05) is 24.2 Å². The van der Waals surface area contributed by atoms with Crippen LogP contribution >= 0.6 is 0 Å². The minimum absolute atomic E-state index is 0.105. The average Bonchev–Trinajstić information content (AvgIpc) is 3.07. The van der Waals surface area contributed by atoms with Crippen molar-refractivity contribution in [1.82, 2.24) is 24.1 Å². The van der Waals surface area contributed by atoms with E-state index in [2.05, 4.69) is 15.1 Å². The van der Waals surface area contributed by atoms with Crippen molar-refractivity contribution in [2.45, 2.75) is 13.5 Å². The summed E-state index contributed by atoms with van der Waals surface area (Å²) >= 11 is 0. The first-order valence-electron chi connectivity index (χ1n) is 9.05. The third-order valence-electron chi connectivity index (χ3n) is 4.88. The third kappa shape index (κ3) is 2.58. The van der Waals surface area contributed by atoms with Gasteiger partial charge in [-0.25, -0.2) is 9.50 Å². The summed E-state index contributed by atoms with van der Waals surface area (Å²) in [6.45, 7) is 2.38. The van der Waals surface area contributed by atoms with E-state index < -0.39 is 0 Å². The van der Waals surface area contributed by atoms with Crippen LogP contribution in [-0.2, 0) is 6.54 Å². The molecular weight excluding hydrogens is 350 g/mol. The third-order valence-corrected chi connectivity index (χ3v) is 4.88. The summed E-state index contributed by atoms with van der Waals surface area (Å²) < 4.78 is 3.41. The highest BCUT2D eigenvalue weighted by Crippen LogP contribution is 2.28. The molecule has 0 atom stereocenters. The fourth-order valence-electron chi connectivity index (χ4n) is 3.55. The fourth-order valence-corrected chi connectivity index (χ4v) is 3.55. The number of hydrogen-bond donors (Lipinski definition) is 0. The summed E-state index contributed by atoms with van der Waals surface area (Å²) in [5.41, 5.74) is 5.15. The first-order chi connectivity index (χ1) is 13.7. The van der Waals surface area contributed by atoms with Crippen LogP contribution in [0.25, 0.3) is 27.7 Å². The van der Waals surface area contributed by atoms with E-state index in [9.17, 15) is 4.79 Å². The van der Waals surface area contributed by atoms with E-state index in [1.54, 1.807) is 27.7 Å². The lowest BCUT2D eigenvalue weighted by atomic mass is 10.1. The molecule has 0 aliphatic carbocycles. The Morgan fingerprint density at radius 1 is 0.964 bits per heavy atom. The Labute approximate surface area is 160 Å². The Morgan fingerprint density at radius 2 is 1.79 bits per heavy atom. The average molecular weight is 367 g/mol. The quantitative estimate of drug-likeness (QED) is 0.490. The number of fused-ring (bicyclic) bond motifs is 3. The zero-order valence-electron chi connectivity index (χ0n) is 15.3. The van der Waals surface area contributed by atoms with E-state index >= 15 is 0 Å². The second-order valence-electron chi connectivity index (χ2n) is 6.69. The molecule has 0 saturated carbocycles. The van der Waals surface area contributed by atoms with Gasteiger partial charge in [0.05, 0.1) is 28.8 Å². The van der Waals surface area contributed by atoms with Crippen LogP contribution in [0.15, 0.2) is 78.0 Å². The molecule has 4 aromatic heterocycles. The van der Waals surface area contributed by atoms with Crippen molar-refractivity contribution in [2.24, 2.45) is 0 Å². The molecule has 0 spiro atoms. The van der Waals surface area contributed by atoms with Crippen LogP contribution in [0.4, 0.5) is 0 Å². The second kappa shape index (κ2) is 6.42. The number of benzene rings is 1. The highest BCUT2D eigenvalue weighted by Gasteiger charge is 2.16. The molecule has 5 rings (SSSR count). The van der Waals surface area contributed by atoms with Crippen molar-refractivity contribution in [2.75, 3.05) is 0 Å². The highest BCUT2D eigenvalue weighted by atomic mass is 16.1. The first-order valence-corrected chi connectivity index (χ1v) is 9.05. The van der Waals surface area contributed by atoms with E-state index in [1.165, 1.54) is 0 Å². The number of pyridine rings is 2. The normalized spacial score (nSPS) is 11.3. The van der Waals surface area contributed by atoms with Gasteiger partial charge in [-0.2, -0.15) is 5.10 Å². The van der Waals surface area contributed by atoms with E-state index in [-0.39, 0.29) is 5.56 Å². The zero-order valence-corrected chi connectivity index (χ0v) is 15.3. The molecule has 28 heavy (non-hydrogen) atoms. The number of aryl methyl sites for hydroxylation is 1. The molecule has 0 N–H and O–H groups in total. The lowest BCUT2D eigenvalue weighted by Crippen LogP contribution is -2.21. The topological polar surface area (TPSA) is 65.1 Å². The van der Waals surface area contributed by atoms with Crippen LogP contribution in [0.2, 0.25) is 0 Å². The van der Waals surface area contributed by atoms with E-state index in [4.69, 9.17) is 0 Å². The fraction of sp³-hybridized carbons (Fsp3) is 0.0909. The van der Waals surface area contributed by atoms with Crippen molar-refractivity contribution >= 4 is 16.6 Å². The Hall–Kier alpha value is -3.80. The van der Waals surface area contributed by atoms with Gasteiger partial charge in [0.25, 0.3) is 5.56 Å². The van der Waals surface area contributed by atoms with Gasteiger partial charge in [-0.05, 0) is 30.7 Å². The SMILES string of the molecule is Cc1nn2c(ncc3c(=O)n(Cc4ccccn4)ccc32)c1-c1ccccc1. The maximum Gasteiger partial charge on any atom is 0.261 e. The molecule has 6 heteroatoms. The van der Waals surface area contributed by atoms with Gasteiger partial charge < -0.3 is 4.57 Å². The van der Waals surface area contributed by atoms with Crippen molar-refractivity contribution in [1.29, 1.82) is 0 Å². The highest BCUT2D eigenvalue weighted by molar-refractivity contribution is 5.86. The minimum atomic E-state index is -0.105. The molecule has 0 bridgehead atoms. The Kier molecular flexibility index (Phi) is 3.76. The Balaban J connectivity index is 1.70. The van der Waals surface area contributed by atoms with Crippen LogP contribution in [0.3, 0.4) is 0 Å². The molecular formula is C22H17N5O. The molecule has 136 valence electrons. The van der Waals surface area contributed by atoms with Crippen molar-refractivity contribution in [3.8, 4) is 11.1 Å². The molecule has 0 radical (unpaired) electrons. The van der Waals surface area contributed by atoms with Crippen molar-refractivity contribution in [3.05, 3.63) is 94.9 Å².